The van der Waals surface area contributed by atoms with E-state index in [9.17, 15) is 9.59 Å². The Morgan fingerprint density at radius 1 is 1.30 bits per heavy atom. The number of carbonyl (C=O) groups excluding carboxylic acids is 2. The average Bonchev–Trinajstić information content (AvgIpc) is 3.25. The van der Waals surface area contributed by atoms with Crippen LogP contribution in [0.4, 0.5) is 5.69 Å². The van der Waals surface area contributed by atoms with Gasteiger partial charge in [-0.25, -0.2) is 0 Å². The first-order valence-corrected chi connectivity index (χ1v) is 10.7. The van der Waals surface area contributed by atoms with Crippen LogP contribution in [0, 0.1) is 9.49 Å². The number of halogens is 1. The van der Waals surface area contributed by atoms with Gasteiger partial charge in [0.25, 0.3) is 5.91 Å². The highest BCUT2D eigenvalue weighted by Gasteiger charge is 2.36. The second-order valence-electron chi connectivity index (χ2n) is 7.50. The van der Waals surface area contributed by atoms with Crippen molar-refractivity contribution in [2.75, 3.05) is 32.1 Å². The van der Waals surface area contributed by atoms with Crippen LogP contribution in [0.25, 0.3) is 0 Å². The summed E-state index contributed by atoms with van der Waals surface area (Å²) in [5.41, 5.74) is 1.14. The monoisotopic (exact) mass is 481 g/mol. The maximum atomic E-state index is 12.5. The summed E-state index contributed by atoms with van der Waals surface area (Å²) in [6, 6.07) is 4.26. The topological polar surface area (TPSA) is 70.7 Å². The van der Waals surface area contributed by atoms with E-state index in [-0.39, 0.29) is 11.8 Å². The molecule has 0 spiro atoms. The average molecular weight is 481 g/mol. The number of nitrogens with zero attached hydrogens (tertiary/aromatic N) is 1. The molecular weight excluding hydrogens is 453 g/mol. The number of rotatable bonds is 8. The second-order valence-corrected chi connectivity index (χ2v) is 8.67. The van der Waals surface area contributed by atoms with Gasteiger partial charge in [-0.3, -0.25) is 9.59 Å². The van der Waals surface area contributed by atoms with Crippen LogP contribution < -0.4 is 15.4 Å². The van der Waals surface area contributed by atoms with E-state index < -0.39 is 0 Å². The molecule has 6 nitrogen and oxygen atoms in total. The zero-order chi connectivity index (χ0) is 19.4. The number of methoxy groups -OCH3 is 1. The van der Waals surface area contributed by atoms with E-state index in [2.05, 4.69) is 38.1 Å². The molecule has 1 aromatic rings. The number of fused-ring (bicyclic) bond motifs is 2. The van der Waals surface area contributed by atoms with Gasteiger partial charge in [0.05, 0.1) is 18.4 Å². The third kappa shape index (κ3) is 5.13. The predicted octanol–water partition coefficient (Wildman–Crippen LogP) is 3.25. The molecule has 148 valence electrons. The molecule has 2 unspecified atom stereocenters. The zero-order valence-corrected chi connectivity index (χ0v) is 18.2. The third-order valence-electron chi connectivity index (χ3n) is 5.52. The van der Waals surface area contributed by atoms with Crippen LogP contribution in [0.5, 0.6) is 5.75 Å². The summed E-state index contributed by atoms with van der Waals surface area (Å²) < 4.78 is 6.15. The third-order valence-corrected chi connectivity index (χ3v) is 6.42. The Morgan fingerprint density at radius 3 is 2.74 bits per heavy atom. The molecule has 2 bridgehead atoms. The van der Waals surface area contributed by atoms with Gasteiger partial charge in [-0.1, -0.05) is 0 Å². The molecule has 1 saturated heterocycles. The Balaban J connectivity index is 1.47. The molecule has 0 aromatic heterocycles. The van der Waals surface area contributed by atoms with E-state index in [0.29, 0.717) is 23.5 Å². The maximum absolute atomic E-state index is 12.5. The van der Waals surface area contributed by atoms with Gasteiger partial charge in [-0.15, -0.1) is 0 Å². The summed E-state index contributed by atoms with van der Waals surface area (Å²) in [4.78, 5) is 26.5. The molecule has 1 aliphatic carbocycles. The Hall–Kier alpha value is -1.35. The van der Waals surface area contributed by atoms with E-state index >= 15 is 0 Å². The highest BCUT2D eigenvalue weighted by atomic mass is 123. The van der Waals surface area contributed by atoms with Gasteiger partial charge >= 0.3 is 0 Å². The molecule has 2 amide bonds. The van der Waals surface area contributed by atoms with E-state index in [1.54, 1.807) is 12.1 Å². The summed E-state index contributed by atoms with van der Waals surface area (Å²) in [6.45, 7) is 4.53. The molecular formula is C20H28IN3O3. The molecule has 2 aliphatic rings. The van der Waals surface area contributed by atoms with Crippen molar-refractivity contribution in [2.45, 2.75) is 45.1 Å². The fourth-order valence-electron chi connectivity index (χ4n) is 4.22. The number of carbonyl (C=O) groups is 2. The van der Waals surface area contributed by atoms with Gasteiger partial charge in [0.1, 0.15) is 5.75 Å². The second kappa shape index (κ2) is 9.23. The van der Waals surface area contributed by atoms with Crippen molar-refractivity contribution in [1.29, 1.82) is 0 Å². The van der Waals surface area contributed by atoms with Crippen LogP contribution in [-0.2, 0) is 4.79 Å². The lowest BCUT2D eigenvalue weighted by atomic mass is 10.1. The minimum atomic E-state index is -0.154. The fraction of sp³-hybridized carbons (Fsp3) is 0.600. The van der Waals surface area contributed by atoms with Gasteiger partial charge in [0, 0.05) is 35.7 Å². The number of piperidine rings is 1. The number of likely N-dealkylation sites (tertiary alicyclic amines) is 1. The van der Waals surface area contributed by atoms with Crippen molar-refractivity contribution in [3.05, 3.63) is 21.3 Å². The van der Waals surface area contributed by atoms with Gasteiger partial charge < -0.3 is 20.3 Å². The number of unbranched alkanes of at least 4 members (excludes halogenated alkanes) is 1. The normalized spacial score (nSPS) is 21.3. The van der Waals surface area contributed by atoms with E-state index in [1.807, 2.05) is 0 Å². The smallest absolute Gasteiger partial charge is 0.255 e. The van der Waals surface area contributed by atoms with Crippen molar-refractivity contribution in [1.82, 2.24) is 10.2 Å². The molecule has 1 saturated carbocycles. The first-order valence-electron chi connectivity index (χ1n) is 9.65. The Bertz CT molecular complexity index is 710. The largest absolute Gasteiger partial charge is 0.496 e. The van der Waals surface area contributed by atoms with Crippen LogP contribution >= 0.6 is 22.6 Å². The van der Waals surface area contributed by atoms with Crippen LogP contribution in [-0.4, -0.2) is 49.5 Å². The lowest BCUT2D eigenvalue weighted by Crippen LogP contribution is -2.33. The minimum absolute atomic E-state index is 0.139. The number of hydrogen-bond donors (Lipinski definition) is 2. The number of benzene rings is 1. The van der Waals surface area contributed by atoms with Gasteiger partial charge in [-0.05, 0) is 73.2 Å². The number of ether oxygens (including phenoxy) is 1. The molecule has 1 aromatic carbocycles. The molecule has 1 aliphatic heterocycles. The molecule has 2 N–H and O–H groups in total. The van der Waals surface area contributed by atoms with Crippen molar-refractivity contribution in [2.24, 2.45) is 5.92 Å². The SMILES string of the molecule is COc1cc(NC(C)=O)c([123I])cc1C(=O)NCCCCN1CC2CCC1C2. The quantitative estimate of drug-likeness (QED) is 0.442. The fourth-order valence-corrected chi connectivity index (χ4v) is 4.82. The van der Waals surface area contributed by atoms with Crippen molar-refractivity contribution >= 4 is 40.1 Å². The summed E-state index contributed by atoms with van der Waals surface area (Å²) >= 11 is 2.11. The zero-order valence-electron chi connectivity index (χ0n) is 16.0. The molecule has 7 heteroatoms. The molecule has 0 radical (unpaired) electrons. The molecule has 2 fully saturated rings. The summed E-state index contributed by atoms with van der Waals surface area (Å²) in [6.07, 6.45) is 6.26. The number of anilines is 1. The Labute approximate surface area is 174 Å². The summed E-state index contributed by atoms with van der Waals surface area (Å²) in [5.74, 6) is 1.10. The standard InChI is InChI=1S/C20H28IN3O3/c1-13(25)23-18-11-19(27-2)16(10-17(18)21)20(26)22-7-3-4-8-24-12-14-5-6-15(24)9-14/h10-11,14-15H,3-9,12H2,1-2H3,(H,22,26)(H,23,25)/i21-4. The van der Waals surface area contributed by atoms with Crippen molar-refractivity contribution in [3.63, 3.8) is 0 Å². The summed E-state index contributed by atoms with van der Waals surface area (Å²) in [7, 11) is 1.53. The van der Waals surface area contributed by atoms with Crippen LogP contribution in [0.2, 0.25) is 0 Å². The van der Waals surface area contributed by atoms with E-state index in [0.717, 1.165) is 34.9 Å². The maximum Gasteiger partial charge on any atom is 0.255 e. The predicted molar refractivity (Wildman–Crippen MR) is 114 cm³/mol. The van der Waals surface area contributed by atoms with E-state index in [4.69, 9.17) is 4.74 Å². The molecule has 27 heavy (non-hydrogen) atoms. The van der Waals surface area contributed by atoms with Crippen LogP contribution in [0.15, 0.2) is 12.1 Å². The van der Waals surface area contributed by atoms with Crippen molar-refractivity contribution in [3.8, 4) is 5.75 Å². The highest BCUT2D eigenvalue weighted by Crippen LogP contribution is 2.37. The van der Waals surface area contributed by atoms with Crippen LogP contribution in [0.3, 0.4) is 0 Å². The lowest BCUT2D eigenvalue weighted by Gasteiger charge is -2.26. The molecule has 2 atom stereocenters. The number of nitrogens with one attached hydrogen (secondary N) is 2. The van der Waals surface area contributed by atoms with Gasteiger partial charge in [0.2, 0.25) is 5.91 Å². The van der Waals surface area contributed by atoms with E-state index in [1.165, 1.54) is 39.8 Å². The number of amides is 2. The number of hydrogen-bond acceptors (Lipinski definition) is 4. The highest BCUT2D eigenvalue weighted by molar-refractivity contribution is 14.1. The first kappa shape index (κ1) is 20.4. The molecule has 1 heterocycles. The van der Waals surface area contributed by atoms with Crippen molar-refractivity contribution < 1.29 is 14.3 Å². The Morgan fingerprint density at radius 2 is 2.11 bits per heavy atom. The van der Waals surface area contributed by atoms with Gasteiger partial charge in [0.15, 0.2) is 0 Å². The van der Waals surface area contributed by atoms with Gasteiger partial charge in [-0.2, -0.15) is 0 Å². The minimum Gasteiger partial charge on any atom is -0.496 e. The summed E-state index contributed by atoms with van der Waals surface area (Å²) in [5, 5.41) is 5.74. The first-order chi connectivity index (χ1) is 13.0. The molecule has 3 rings (SSSR count). The lowest BCUT2D eigenvalue weighted by molar-refractivity contribution is -0.114. The van der Waals surface area contributed by atoms with Crippen LogP contribution in [0.1, 0.15) is 49.4 Å². The Kier molecular flexibility index (Phi) is 6.97.